The molecule has 3 N–H and O–H groups in total. The number of nitrogens with two attached hydrogens (primary N) is 1. The molecular formula is C13H26N6OS. The van der Waals surface area contributed by atoms with Crippen molar-refractivity contribution in [3.8, 4) is 0 Å². The van der Waals surface area contributed by atoms with Gasteiger partial charge in [-0.3, -0.25) is 4.79 Å². The molecule has 0 aliphatic heterocycles. The first-order valence-corrected chi connectivity index (χ1v) is 8.39. The lowest BCUT2D eigenvalue weighted by atomic mass is 10.0. The molecule has 0 saturated heterocycles. The van der Waals surface area contributed by atoms with Crippen LogP contribution in [0.2, 0.25) is 0 Å². The molecule has 1 amide bonds. The van der Waals surface area contributed by atoms with Crippen molar-refractivity contribution in [1.82, 2.24) is 25.5 Å². The van der Waals surface area contributed by atoms with Crippen LogP contribution in [0, 0.1) is 5.92 Å². The van der Waals surface area contributed by atoms with Crippen LogP contribution in [0.1, 0.15) is 40.0 Å². The summed E-state index contributed by atoms with van der Waals surface area (Å²) in [6.45, 7) is 7.50. The van der Waals surface area contributed by atoms with E-state index in [2.05, 4.69) is 34.7 Å². The minimum atomic E-state index is 0.0133. The van der Waals surface area contributed by atoms with Crippen molar-refractivity contribution in [2.75, 3.05) is 12.3 Å². The van der Waals surface area contributed by atoms with Crippen LogP contribution in [0.25, 0.3) is 0 Å². The fourth-order valence-corrected chi connectivity index (χ4v) is 2.63. The molecule has 21 heavy (non-hydrogen) atoms. The Morgan fingerprint density at radius 1 is 1.38 bits per heavy atom. The van der Waals surface area contributed by atoms with E-state index >= 15 is 0 Å². The second-order valence-corrected chi connectivity index (χ2v) is 6.50. The molecule has 0 bridgehead atoms. The Morgan fingerprint density at radius 2 is 2.14 bits per heavy atom. The van der Waals surface area contributed by atoms with E-state index in [0.717, 1.165) is 12.8 Å². The number of amides is 1. The average Bonchev–Trinajstić information content (AvgIpc) is 2.84. The monoisotopic (exact) mass is 314 g/mol. The third-order valence-corrected chi connectivity index (χ3v) is 3.96. The van der Waals surface area contributed by atoms with Crippen LogP contribution < -0.4 is 11.1 Å². The van der Waals surface area contributed by atoms with Crippen LogP contribution in [0.3, 0.4) is 0 Å². The number of tetrazole rings is 1. The van der Waals surface area contributed by atoms with E-state index in [-0.39, 0.29) is 11.9 Å². The molecule has 0 spiro atoms. The smallest absolute Gasteiger partial charge is 0.230 e. The minimum absolute atomic E-state index is 0.0133. The van der Waals surface area contributed by atoms with Crippen molar-refractivity contribution in [2.24, 2.45) is 11.7 Å². The largest absolute Gasteiger partial charge is 0.353 e. The molecule has 0 radical (unpaired) electrons. The molecule has 1 aromatic heterocycles. The van der Waals surface area contributed by atoms with Gasteiger partial charge in [-0.05, 0) is 29.7 Å². The SMILES string of the molecule is CC(C)CCCC(C)NC(=O)CSc1nnnn1CCN. The standard InChI is InChI=1S/C13H26N6OS/c1-10(2)5-4-6-11(3)15-12(20)9-21-13-16-17-18-19(13)8-7-14/h10-11H,4-9,14H2,1-3H3,(H,15,20). The number of aromatic nitrogens is 4. The molecule has 7 nitrogen and oxygen atoms in total. The highest BCUT2D eigenvalue weighted by Gasteiger charge is 2.11. The molecule has 0 saturated carbocycles. The maximum absolute atomic E-state index is 11.9. The predicted molar refractivity (Wildman–Crippen MR) is 83.9 cm³/mol. The Morgan fingerprint density at radius 3 is 2.81 bits per heavy atom. The Kier molecular flexibility index (Phi) is 8.29. The summed E-state index contributed by atoms with van der Waals surface area (Å²) in [4.78, 5) is 11.9. The third-order valence-electron chi connectivity index (χ3n) is 3.00. The lowest BCUT2D eigenvalue weighted by Gasteiger charge is -2.14. The van der Waals surface area contributed by atoms with Crippen molar-refractivity contribution >= 4 is 17.7 Å². The zero-order valence-corrected chi connectivity index (χ0v) is 13.9. The molecule has 8 heteroatoms. The van der Waals surface area contributed by atoms with E-state index in [9.17, 15) is 4.79 Å². The first kappa shape index (κ1) is 17.9. The molecule has 0 aliphatic carbocycles. The molecule has 0 aromatic carbocycles. The minimum Gasteiger partial charge on any atom is -0.353 e. The number of hydrogen-bond donors (Lipinski definition) is 2. The number of nitrogens with zero attached hydrogens (tertiary/aromatic N) is 4. The average molecular weight is 314 g/mol. The zero-order chi connectivity index (χ0) is 15.7. The van der Waals surface area contributed by atoms with E-state index in [1.165, 1.54) is 18.2 Å². The molecule has 1 rings (SSSR count). The highest BCUT2D eigenvalue weighted by atomic mass is 32.2. The van der Waals surface area contributed by atoms with Crippen molar-refractivity contribution in [1.29, 1.82) is 0 Å². The Hall–Kier alpha value is -1.15. The number of nitrogens with one attached hydrogen (secondary N) is 1. The number of carbonyl (C=O) groups excluding carboxylic acids is 1. The first-order valence-electron chi connectivity index (χ1n) is 7.41. The molecule has 0 aliphatic rings. The van der Waals surface area contributed by atoms with Gasteiger partial charge in [0.2, 0.25) is 11.1 Å². The lowest BCUT2D eigenvalue weighted by molar-refractivity contribution is -0.119. The third kappa shape index (κ3) is 7.42. The number of thioether (sulfide) groups is 1. The second kappa shape index (κ2) is 9.73. The topological polar surface area (TPSA) is 98.7 Å². The zero-order valence-electron chi connectivity index (χ0n) is 13.1. The molecular weight excluding hydrogens is 288 g/mol. The van der Waals surface area contributed by atoms with Crippen molar-refractivity contribution < 1.29 is 4.79 Å². The van der Waals surface area contributed by atoms with Gasteiger partial charge in [-0.1, -0.05) is 38.5 Å². The van der Waals surface area contributed by atoms with Crippen LogP contribution in [0.4, 0.5) is 0 Å². The van der Waals surface area contributed by atoms with E-state index in [1.807, 2.05) is 6.92 Å². The Balaban J connectivity index is 2.25. The van der Waals surface area contributed by atoms with Gasteiger partial charge in [-0.15, -0.1) is 5.10 Å². The number of hydrogen-bond acceptors (Lipinski definition) is 6. The van der Waals surface area contributed by atoms with Gasteiger partial charge in [0.25, 0.3) is 0 Å². The van der Waals surface area contributed by atoms with Crippen molar-refractivity contribution in [3.63, 3.8) is 0 Å². The molecule has 1 aromatic rings. The van der Waals surface area contributed by atoms with Crippen molar-refractivity contribution in [3.05, 3.63) is 0 Å². The molecule has 1 heterocycles. The summed E-state index contributed by atoms with van der Waals surface area (Å²) in [5.74, 6) is 1.05. The number of carbonyl (C=O) groups is 1. The predicted octanol–water partition coefficient (Wildman–Crippen LogP) is 1.05. The van der Waals surface area contributed by atoms with Gasteiger partial charge in [-0.25, -0.2) is 4.68 Å². The lowest BCUT2D eigenvalue weighted by Crippen LogP contribution is -2.33. The maximum atomic E-state index is 11.9. The Bertz CT molecular complexity index is 423. The molecule has 1 unspecified atom stereocenters. The van der Waals surface area contributed by atoms with Crippen molar-refractivity contribution in [2.45, 2.75) is 57.8 Å². The Labute approximate surface area is 130 Å². The van der Waals surface area contributed by atoms with E-state index in [1.54, 1.807) is 4.68 Å². The van der Waals surface area contributed by atoms with Crippen LogP contribution in [-0.4, -0.2) is 44.5 Å². The normalized spacial score (nSPS) is 12.6. The van der Waals surface area contributed by atoms with Gasteiger partial charge in [0.05, 0.1) is 12.3 Å². The van der Waals surface area contributed by atoms with Gasteiger partial charge in [0.1, 0.15) is 0 Å². The number of rotatable bonds is 10. The summed E-state index contributed by atoms with van der Waals surface area (Å²) in [7, 11) is 0. The van der Waals surface area contributed by atoms with Crippen LogP contribution in [0.15, 0.2) is 5.16 Å². The highest BCUT2D eigenvalue weighted by Crippen LogP contribution is 2.13. The van der Waals surface area contributed by atoms with Crippen LogP contribution >= 0.6 is 11.8 Å². The second-order valence-electron chi connectivity index (χ2n) is 5.56. The van der Waals surface area contributed by atoms with Gasteiger partial charge >= 0.3 is 0 Å². The highest BCUT2D eigenvalue weighted by molar-refractivity contribution is 7.99. The molecule has 1 atom stereocenters. The van der Waals surface area contributed by atoms with Gasteiger partial charge in [-0.2, -0.15) is 0 Å². The quantitative estimate of drug-likeness (QED) is 0.626. The molecule has 0 fully saturated rings. The fourth-order valence-electron chi connectivity index (χ4n) is 1.91. The maximum Gasteiger partial charge on any atom is 0.230 e. The van der Waals surface area contributed by atoms with E-state index in [0.29, 0.717) is 29.9 Å². The van der Waals surface area contributed by atoms with Gasteiger partial charge in [0.15, 0.2) is 0 Å². The van der Waals surface area contributed by atoms with Crippen LogP contribution in [-0.2, 0) is 11.3 Å². The van der Waals surface area contributed by atoms with Crippen LogP contribution in [0.5, 0.6) is 0 Å². The summed E-state index contributed by atoms with van der Waals surface area (Å²) in [5.41, 5.74) is 5.47. The summed E-state index contributed by atoms with van der Waals surface area (Å²) in [6.07, 6.45) is 3.35. The van der Waals surface area contributed by atoms with Gasteiger partial charge < -0.3 is 11.1 Å². The summed E-state index contributed by atoms with van der Waals surface area (Å²) in [6, 6.07) is 0.205. The van der Waals surface area contributed by atoms with E-state index < -0.39 is 0 Å². The summed E-state index contributed by atoms with van der Waals surface area (Å²) in [5, 5.41) is 14.9. The van der Waals surface area contributed by atoms with E-state index in [4.69, 9.17) is 5.73 Å². The summed E-state index contributed by atoms with van der Waals surface area (Å²) < 4.78 is 1.62. The summed E-state index contributed by atoms with van der Waals surface area (Å²) >= 11 is 1.33. The van der Waals surface area contributed by atoms with Gasteiger partial charge in [0, 0.05) is 12.6 Å². The first-order chi connectivity index (χ1) is 10.0. The fraction of sp³-hybridized carbons (Fsp3) is 0.846. The molecule has 120 valence electrons.